The zero-order valence-electron chi connectivity index (χ0n) is 16.2. The maximum Gasteiger partial charge on any atom is 0.273 e. The Kier molecular flexibility index (Phi) is 6.14. The molecular weight excluding hydrogens is 382 g/mol. The Morgan fingerprint density at radius 3 is 2.60 bits per heavy atom. The number of hydrogen-bond donors (Lipinski definition) is 1. The van der Waals surface area contributed by atoms with Crippen LogP contribution in [0.1, 0.15) is 34.3 Å². The third-order valence-corrected chi connectivity index (χ3v) is 4.54. The van der Waals surface area contributed by atoms with E-state index < -0.39 is 0 Å². The van der Waals surface area contributed by atoms with E-state index >= 15 is 0 Å². The minimum atomic E-state index is -0.308. The summed E-state index contributed by atoms with van der Waals surface area (Å²) < 4.78 is 12.6. The van der Waals surface area contributed by atoms with Gasteiger partial charge in [-0.1, -0.05) is 53.7 Å². The summed E-state index contributed by atoms with van der Waals surface area (Å²) in [7, 11) is 0. The van der Waals surface area contributed by atoms with Gasteiger partial charge < -0.3 is 14.6 Å². The molecule has 0 bridgehead atoms. The van der Waals surface area contributed by atoms with Gasteiger partial charge in [-0.15, -0.1) is 0 Å². The summed E-state index contributed by atoms with van der Waals surface area (Å²) in [6.07, 6.45) is 3.80. The van der Waals surface area contributed by atoms with Gasteiger partial charge in [0.1, 0.15) is 25.0 Å². The number of carbonyl (C=O) groups is 1. The van der Waals surface area contributed by atoms with Gasteiger partial charge in [0, 0.05) is 12.6 Å². The molecule has 8 heteroatoms. The number of rotatable bonds is 9. The first-order valence-corrected chi connectivity index (χ1v) is 9.59. The normalized spacial score (nSPS) is 11.7. The Morgan fingerprint density at radius 2 is 1.87 bits per heavy atom. The quantitative estimate of drug-likeness (QED) is 0.460. The zero-order chi connectivity index (χ0) is 20.6. The summed E-state index contributed by atoms with van der Waals surface area (Å²) in [5.74, 6) is 0.886. The molecule has 0 saturated carbocycles. The minimum Gasteiger partial charge on any atom is -0.486 e. The molecule has 0 aliphatic heterocycles. The number of aryl methyl sites for hydroxylation is 1. The van der Waals surface area contributed by atoms with Crippen molar-refractivity contribution >= 4 is 5.91 Å². The van der Waals surface area contributed by atoms with Crippen LogP contribution in [0.2, 0.25) is 0 Å². The van der Waals surface area contributed by atoms with Crippen molar-refractivity contribution in [1.29, 1.82) is 0 Å². The van der Waals surface area contributed by atoms with Crippen molar-refractivity contribution < 1.29 is 14.1 Å². The summed E-state index contributed by atoms with van der Waals surface area (Å²) >= 11 is 0. The molecule has 1 amide bonds. The minimum absolute atomic E-state index is 0.193. The van der Waals surface area contributed by atoms with E-state index in [0.717, 1.165) is 11.3 Å². The molecule has 0 spiro atoms. The Labute approximate surface area is 173 Å². The predicted molar refractivity (Wildman–Crippen MR) is 109 cm³/mol. The molecule has 2 heterocycles. The third kappa shape index (κ3) is 5.11. The number of benzene rings is 2. The fraction of sp³-hybridized carbons (Fsp3) is 0.182. The lowest BCUT2D eigenvalue weighted by Gasteiger charge is -2.18. The molecule has 0 unspecified atom stereocenters. The molecule has 1 N–H and O–H groups in total. The second-order valence-electron chi connectivity index (χ2n) is 6.66. The highest BCUT2D eigenvalue weighted by Gasteiger charge is 2.19. The first kappa shape index (κ1) is 19.4. The lowest BCUT2D eigenvalue weighted by atomic mass is 10.0. The molecule has 8 nitrogen and oxygen atoms in total. The Hall–Kier alpha value is -3.94. The number of ether oxygens (including phenoxy) is 1. The number of amides is 1. The van der Waals surface area contributed by atoms with E-state index in [1.165, 1.54) is 6.33 Å². The molecule has 4 rings (SSSR count). The van der Waals surface area contributed by atoms with E-state index in [0.29, 0.717) is 18.7 Å². The first-order valence-electron chi connectivity index (χ1n) is 9.59. The Bertz CT molecular complexity index is 1050. The zero-order valence-corrected chi connectivity index (χ0v) is 16.2. The molecule has 4 aromatic rings. The van der Waals surface area contributed by atoms with Crippen molar-refractivity contribution in [3.63, 3.8) is 0 Å². The van der Waals surface area contributed by atoms with E-state index in [2.05, 4.69) is 20.6 Å². The maximum absolute atomic E-state index is 12.8. The lowest BCUT2D eigenvalue weighted by molar-refractivity contribution is 0.0923. The standard InChI is InChI=1S/C22H21N5O3/c28-22(21-13-19(30-26-21)14-29-18-9-5-2-6-10-18)25-20(17-7-3-1-4-8-17)11-12-27-16-23-15-24-27/h1-10,13,15-16,20H,11-12,14H2,(H,25,28)/t20-/m0/s1. The van der Waals surface area contributed by atoms with Crippen molar-refractivity contribution in [3.05, 3.63) is 96.4 Å². The van der Waals surface area contributed by atoms with Crippen molar-refractivity contribution in [2.24, 2.45) is 0 Å². The number of para-hydroxylation sites is 1. The highest BCUT2D eigenvalue weighted by Crippen LogP contribution is 2.19. The van der Waals surface area contributed by atoms with Gasteiger partial charge in [-0.05, 0) is 24.1 Å². The number of hydrogen-bond acceptors (Lipinski definition) is 6. The molecule has 0 saturated heterocycles. The lowest BCUT2D eigenvalue weighted by Crippen LogP contribution is -2.29. The molecular formula is C22H21N5O3. The third-order valence-electron chi connectivity index (χ3n) is 4.54. The van der Waals surface area contributed by atoms with Gasteiger partial charge in [-0.2, -0.15) is 5.10 Å². The summed E-state index contributed by atoms with van der Waals surface area (Å²) in [6, 6.07) is 20.6. The van der Waals surface area contributed by atoms with Crippen molar-refractivity contribution in [2.45, 2.75) is 25.6 Å². The topological polar surface area (TPSA) is 95.1 Å². The highest BCUT2D eigenvalue weighted by molar-refractivity contribution is 5.92. The molecule has 0 radical (unpaired) electrons. The van der Waals surface area contributed by atoms with Crippen LogP contribution in [0.25, 0.3) is 0 Å². The fourth-order valence-electron chi connectivity index (χ4n) is 3.01. The summed E-state index contributed by atoms with van der Waals surface area (Å²) in [6.45, 7) is 0.813. The van der Waals surface area contributed by atoms with Crippen LogP contribution in [-0.4, -0.2) is 25.8 Å². The van der Waals surface area contributed by atoms with Crippen LogP contribution >= 0.6 is 0 Å². The molecule has 152 valence electrons. The molecule has 2 aromatic carbocycles. The van der Waals surface area contributed by atoms with Gasteiger partial charge in [0.15, 0.2) is 11.5 Å². The van der Waals surface area contributed by atoms with Crippen molar-refractivity contribution in [2.75, 3.05) is 0 Å². The number of carbonyl (C=O) groups excluding carboxylic acids is 1. The maximum atomic E-state index is 12.8. The smallest absolute Gasteiger partial charge is 0.273 e. The van der Waals surface area contributed by atoms with Gasteiger partial charge >= 0.3 is 0 Å². The van der Waals surface area contributed by atoms with E-state index in [4.69, 9.17) is 9.26 Å². The van der Waals surface area contributed by atoms with Crippen molar-refractivity contribution in [1.82, 2.24) is 25.2 Å². The second-order valence-corrected chi connectivity index (χ2v) is 6.66. The van der Waals surface area contributed by atoms with E-state index in [1.807, 2.05) is 60.7 Å². The number of nitrogens with one attached hydrogen (secondary N) is 1. The van der Waals surface area contributed by atoms with Crippen LogP contribution in [0.3, 0.4) is 0 Å². The van der Waals surface area contributed by atoms with Crippen molar-refractivity contribution in [3.8, 4) is 5.75 Å². The van der Waals surface area contributed by atoms with Gasteiger partial charge in [-0.3, -0.25) is 9.48 Å². The van der Waals surface area contributed by atoms with Crippen LogP contribution < -0.4 is 10.1 Å². The van der Waals surface area contributed by atoms with Gasteiger partial charge in [0.05, 0.1) is 6.04 Å². The molecule has 2 aromatic heterocycles. The van der Waals surface area contributed by atoms with E-state index in [1.54, 1.807) is 17.1 Å². The van der Waals surface area contributed by atoms with Gasteiger partial charge in [0.2, 0.25) is 0 Å². The van der Waals surface area contributed by atoms with Gasteiger partial charge in [-0.25, -0.2) is 4.98 Å². The summed E-state index contributed by atoms with van der Waals surface area (Å²) in [5.41, 5.74) is 1.21. The summed E-state index contributed by atoms with van der Waals surface area (Å²) in [5, 5.41) is 11.0. The molecule has 0 aliphatic carbocycles. The molecule has 0 fully saturated rings. The summed E-state index contributed by atoms with van der Waals surface area (Å²) in [4.78, 5) is 16.7. The van der Waals surface area contributed by atoms with E-state index in [9.17, 15) is 4.79 Å². The van der Waals surface area contributed by atoms with Gasteiger partial charge in [0.25, 0.3) is 5.91 Å². The Balaban J connectivity index is 1.40. The van der Waals surface area contributed by atoms with Crippen LogP contribution in [0.5, 0.6) is 5.75 Å². The fourth-order valence-corrected chi connectivity index (χ4v) is 3.01. The predicted octanol–water partition coefficient (Wildman–Crippen LogP) is 3.41. The van der Waals surface area contributed by atoms with E-state index in [-0.39, 0.29) is 24.2 Å². The van der Waals surface area contributed by atoms with Crippen LogP contribution in [0.15, 0.2) is 83.9 Å². The second kappa shape index (κ2) is 9.51. The Morgan fingerprint density at radius 1 is 1.10 bits per heavy atom. The van der Waals surface area contributed by atoms with Crippen LogP contribution in [0, 0.1) is 0 Å². The average molecular weight is 403 g/mol. The molecule has 0 aliphatic rings. The SMILES string of the molecule is O=C(N[C@@H](CCn1cncn1)c1ccccc1)c1cc(COc2ccccc2)on1. The number of nitrogens with zero attached hydrogens (tertiary/aromatic N) is 4. The molecule has 30 heavy (non-hydrogen) atoms. The monoisotopic (exact) mass is 403 g/mol. The van der Waals surface area contributed by atoms with Crippen LogP contribution in [0.4, 0.5) is 0 Å². The molecule has 1 atom stereocenters. The largest absolute Gasteiger partial charge is 0.486 e. The number of aromatic nitrogens is 4. The average Bonchev–Trinajstić information content (AvgIpc) is 3.49. The first-order chi connectivity index (χ1) is 14.8. The highest BCUT2D eigenvalue weighted by atomic mass is 16.5. The van der Waals surface area contributed by atoms with Crippen LogP contribution in [-0.2, 0) is 13.2 Å².